The first-order valence-corrected chi connectivity index (χ1v) is 8.70. The van der Waals surface area contributed by atoms with Crippen molar-refractivity contribution in [2.75, 3.05) is 0 Å². The molecule has 0 saturated heterocycles. The van der Waals surface area contributed by atoms with E-state index < -0.39 is 28.3 Å². The molecule has 2 heterocycles. The minimum absolute atomic E-state index is 0.0119. The maximum atomic E-state index is 13.6. The quantitative estimate of drug-likeness (QED) is 0.458. The Kier molecular flexibility index (Phi) is 4.83. The van der Waals surface area contributed by atoms with E-state index in [-0.39, 0.29) is 21.9 Å². The number of aliphatic carboxylic acids is 1. The average molecular weight is 389 g/mol. The minimum Gasteiger partial charge on any atom is -0.549 e. The number of halogens is 1. The van der Waals surface area contributed by atoms with Crippen LogP contribution in [0.25, 0.3) is 22.4 Å². The maximum absolute atomic E-state index is 13.6. The molecule has 0 aliphatic heterocycles. The number of carboxylic acid groups (broad SMARTS) is 1. The van der Waals surface area contributed by atoms with E-state index in [2.05, 4.69) is 9.97 Å². The maximum Gasteiger partial charge on any atom is 0.332 e. The molecule has 1 atom stereocenters. The molecule has 8 nitrogen and oxygen atoms in total. The first kappa shape index (κ1) is 18.8. The van der Waals surface area contributed by atoms with E-state index in [0.29, 0.717) is 5.56 Å². The van der Waals surface area contributed by atoms with Crippen molar-refractivity contribution in [3.05, 3.63) is 50.9 Å². The van der Waals surface area contributed by atoms with Gasteiger partial charge in [-0.1, -0.05) is 23.9 Å². The Bertz CT molecular complexity index is 1190. The summed E-state index contributed by atoms with van der Waals surface area (Å²) < 4.78 is 15.6. The highest BCUT2D eigenvalue weighted by Gasteiger charge is 2.20. The van der Waals surface area contributed by atoms with E-state index in [0.717, 1.165) is 20.9 Å². The molecule has 1 aromatic carbocycles. The Morgan fingerprint density at radius 3 is 2.56 bits per heavy atom. The van der Waals surface area contributed by atoms with Crippen molar-refractivity contribution in [2.45, 2.75) is 17.2 Å². The number of hydrogen-bond donors (Lipinski definition) is 0. The molecule has 10 heteroatoms. The van der Waals surface area contributed by atoms with Crippen LogP contribution in [0.5, 0.6) is 0 Å². The lowest BCUT2D eigenvalue weighted by atomic mass is 10.2. The van der Waals surface area contributed by atoms with Crippen LogP contribution in [0.1, 0.15) is 6.92 Å². The fourth-order valence-corrected chi connectivity index (χ4v) is 3.35. The van der Waals surface area contributed by atoms with Crippen molar-refractivity contribution in [1.82, 2.24) is 19.1 Å². The Morgan fingerprint density at radius 2 is 1.93 bits per heavy atom. The van der Waals surface area contributed by atoms with E-state index in [1.54, 1.807) is 6.07 Å². The SMILES string of the molecule is C[C@@H](Sc1nc(-c2cccc(F)c2)nc2c1c(=O)n(C)c(=O)n2C)C(=O)[O-]. The molecule has 27 heavy (non-hydrogen) atoms. The number of rotatable bonds is 4. The lowest BCUT2D eigenvalue weighted by molar-refractivity contribution is -0.304. The summed E-state index contributed by atoms with van der Waals surface area (Å²) in [6.45, 7) is 1.39. The number of thioether (sulfide) groups is 1. The van der Waals surface area contributed by atoms with E-state index >= 15 is 0 Å². The zero-order valence-electron chi connectivity index (χ0n) is 14.6. The average Bonchev–Trinajstić information content (AvgIpc) is 2.63. The second-order valence-electron chi connectivity index (χ2n) is 5.85. The van der Waals surface area contributed by atoms with Gasteiger partial charge >= 0.3 is 5.69 Å². The van der Waals surface area contributed by atoms with Crippen molar-refractivity contribution in [2.24, 2.45) is 14.1 Å². The fourth-order valence-electron chi connectivity index (χ4n) is 2.49. The number of fused-ring (bicyclic) bond motifs is 1. The molecule has 3 rings (SSSR count). The summed E-state index contributed by atoms with van der Waals surface area (Å²) in [5.41, 5.74) is -0.884. The van der Waals surface area contributed by atoms with Crippen molar-refractivity contribution >= 4 is 28.8 Å². The predicted octanol–water partition coefficient (Wildman–Crippen LogP) is 0.0638. The van der Waals surface area contributed by atoms with E-state index in [1.807, 2.05) is 0 Å². The van der Waals surface area contributed by atoms with Gasteiger partial charge < -0.3 is 9.90 Å². The summed E-state index contributed by atoms with van der Waals surface area (Å²) in [4.78, 5) is 44.5. The number of hydrogen-bond acceptors (Lipinski definition) is 7. The topological polar surface area (TPSA) is 110 Å². The Morgan fingerprint density at radius 1 is 1.22 bits per heavy atom. The summed E-state index contributed by atoms with van der Waals surface area (Å²) in [7, 11) is 2.74. The second-order valence-corrected chi connectivity index (χ2v) is 7.18. The zero-order chi connectivity index (χ0) is 19.9. The molecular formula is C17H14FN4O4S-. The molecule has 0 aliphatic carbocycles. The molecule has 0 amide bonds. The largest absolute Gasteiger partial charge is 0.549 e. The molecule has 0 fully saturated rings. The first-order chi connectivity index (χ1) is 12.7. The number of carbonyl (C=O) groups is 1. The van der Waals surface area contributed by atoms with Gasteiger partial charge in [0.25, 0.3) is 5.56 Å². The molecule has 0 bridgehead atoms. The monoisotopic (exact) mass is 389 g/mol. The summed E-state index contributed by atoms with van der Waals surface area (Å²) in [5.74, 6) is -1.77. The molecule has 0 aliphatic rings. The fraction of sp³-hybridized carbons (Fsp3) is 0.235. The van der Waals surface area contributed by atoms with Crippen LogP contribution in [0.15, 0.2) is 38.9 Å². The van der Waals surface area contributed by atoms with Crippen LogP contribution in [0, 0.1) is 5.82 Å². The molecule has 0 spiro atoms. The van der Waals surface area contributed by atoms with Gasteiger partial charge in [-0.05, 0) is 19.1 Å². The van der Waals surface area contributed by atoms with Gasteiger partial charge in [0, 0.05) is 24.9 Å². The van der Waals surface area contributed by atoms with Gasteiger partial charge in [0.2, 0.25) is 0 Å². The van der Waals surface area contributed by atoms with E-state index in [1.165, 1.54) is 39.2 Å². The summed E-state index contributed by atoms with van der Waals surface area (Å²) >= 11 is 0.796. The van der Waals surface area contributed by atoms with Gasteiger partial charge in [0.1, 0.15) is 16.2 Å². The van der Waals surface area contributed by atoms with Crippen molar-refractivity contribution in [3.8, 4) is 11.4 Å². The van der Waals surface area contributed by atoms with E-state index in [4.69, 9.17) is 0 Å². The Hall–Kier alpha value is -3.01. The lowest BCUT2D eigenvalue weighted by Crippen LogP contribution is -2.38. The van der Waals surface area contributed by atoms with Crippen LogP contribution in [0.4, 0.5) is 4.39 Å². The number of carbonyl (C=O) groups excluding carboxylic acids is 1. The predicted molar refractivity (Wildman–Crippen MR) is 95.7 cm³/mol. The molecule has 0 saturated carbocycles. The smallest absolute Gasteiger partial charge is 0.332 e. The number of benzene rings is 1. The number of aryl methyl sites for hydroxylation is 1. The van der Waals surface area contributed by atoms with Gasteiger partial charge in [0.15, 0.2) is 11.5 Å². The number of carboxylic acids is 1. The number of aromatic nitrogens is 4. The van der Waals surface area contributed by atoms with Gasteiger partial charge in [-0.3, -0.25) is 13.9 Å². The molecule has 2 aromatic heterocycles. The van der Waals surface area contributed by atoms with Crippen LogP contribution < -0.4 is 16.4 Å². The second kappa shape index (κ2) is 6.95. The van der Waals surface area contributed by atoms with Crippen LogP contribution in [0.3, 0.4) is 0 Å². The zero-order valence-corrected chi connectivity index (χ0v) is 15.4. The summed E-state index contributed by atoms with van der Waals surface area (Å²) in [6.07, 6.45) is 0. The third kappa shape index (κ3) is 3.35. The number of nitrogens with zero attached hydrogens (tertiary/aromatic N) is 4. The van der Waals surface area contributed by atoms with Crippen LogP contribution in [-0.4, -0.2) is 30.3 Å². The van der Waals surface area contributed by atoms with Crippen molar-refractivity contribution in [1.29, 1.82) is 0 Å². The van der Waals surface area contributed by atoms with Crippen LogP contribution in [-0.2, 0) is 18.9 Å². The molecule has 0 N–H and O–H groups in total. The van der Waals surface area contributed by atoms with Gasteiger partial charge in [-0.25, -0.2) is 19.2 Å². The third-order valence-electron chi connectivity index (χ3n) is 3.97. The molecule has 0 unspecified atom stereocenters. The highest BCUT2D eigenvalue weighted by atomic mass is 32.2. The molecule has 140 valence electrons. The summed E-state index contributed by atoms with van der Waals surface area (Å²) in [6, 6.07) is 5.50. The summed E-state index contributed by atoms with van der Waals surface area (Å²) in [5, 5.41) is 10.2. The van der Waals surface area contributed by atoms with Gasteiger partial charge in [-0.15, -0.1) is 0 Å². The van der Waals surface area contributed by atoms with Gasteiger partial charge in [-0.2, -0.15) is 0 Å². The Balaban J connectivity index is 2.40. The Labute approximate surface area is 156 Å². The first-order valence-electron chi connectivity index (χ1n) is 7.82. The van der Waals surface area contributed by atoms with Crippen LogP contribution in [0.2, 0.25) is 0 Å². The van der Waals surface area contributed by atoms with Crippen molar-refractivity contribution < 1.29 is 14.3 Å². The molecule has 3 aromatic rings. The normalized spacial score (nSPS) is 12.3. The van der Waals surface area contributed by atoms with E-state index in [9.17, 15) is 23.9 Å². The van der Waals surface area contributed by atoms with Gasteiger partial charge in [0.05, 0.1) is 5.97 Å². The minimum atomic E-state index is -1.33. The molecular weight excluding hydrogens is 375 g/mol. The molecule has 0 radical (unpaired) electrons. The standard InChI is InChI=1S/C17H15FN4O4S/c1-8(16(24)25)27-14-11-13(21(2)17(26)22(3)15(11)23)19-12(20-14)9-5-4-6-10(18)7-9/h4-8H,1-3H3,(H,24,25)/p-1/t8-/m1/s1. The van der Waals surface area contributed by atoms with Crippen LogP contribution >= 0.6 is 11.8 Å². The third-order valence-corrected chi connectivity index (χ3v) is 5.03. The highest BCUT2D eigenvalue weighted by molar-refractivity contribution is 8.00. The lowest BCUT2D eigenvalue weighted by Gasteiger charge is -2.15. The van der Waals surface area contributed by atoms with Crippen molar-refractivity contribution in [3.63, 3.8) is 0 Å². The highest BCUT2D eigenvalue weighted by Crippen LogP contribution is 2.28.